The van der Waals surface area contributed by atoms with E-state index in [9.17, 15) is 0 Å². The molecule has 18 aromatic rings. The zero-order chi connectivity index (χ0) is 73.2. The summed E-state index contributed by atoms with van der Waals surface area (Å²) in [5, 5.41) is 4.76. The van der Waals surface area contributed by atoms with Crippen LogP contribution in [0.3, 0.4) is 0 Å². The zero-order valence-electron chi connectivity index (χ0n) is 61.8. The summed E-state index contributed by atoms with van der Waals surface area (Å²) < 4.78 is 4.71. The van der Waals surface area contributed by atoms with Gasteiger partial charge < -0.3 is 9.80 Å². The average molecular weight is 1400 g/mol. The van der Waals surface area contributed by atoms with E-state index in [-0.39, 0.29) is 17.5 Å². The molecule has 14 aromatic carbocycles. The molecule has 0 aliphatic carbocycles. The Kier molecular flexibility index (Phi) is 15.4. The van der Waals surface area contributed by atoms with E-state index in [1.807, 2.05) is 0 Å². The summed E-state index contributed by atoms with van der Waals surface area (Å²) in [4.78, 5) is 17.1. The third-order valence-corrected chi connectivity index (χ3v) is 22.6. The molecule has 0 bridgehead atoms. The van der Waals surface area contributed by atoms with Crippen LogP contribution in [-0.4, -0.2) is 25.8 Å². The molecule has 4 aromatic heterocycles. The average Bonchev–Trinajstić information content (AvgIpc) is 1.56. The predicted octanol–water partition coefficient (Wildman–Crippen LogP) is 25.0. The van der Waals surface area contributed by atoms with Crippen molar-refractivity contribution in [2.24, 2.45) is 0 Å². The van der Waals surface area contributed by atoms with Crippen LogP contribution in [0.25, 0.3) is 133 Å². The molecule has 0 atom stereocenters. The summed E-state index contributed by atoms with van der Waals surface area (Å²) in [6, 6.07) is 133. The molecular formula is C102H77BN6. The maximum Gasteiger partial charge on any atom is 0.252 e. The molecule has 0 amide bonds. The second-order valence-corrected chi connectivity index (χ2v) is 31.2. The van der Waals surface area contributed by atoms with Crippen LogP contribution < -0.4 is 26.2 Å². The molecule has 0 saturated carbocycles. The number of pyridine rings is 2. The van der Waals surface area contributed by atoms with Gasteiger partial charge in [0, 0.05) is 66.5 Å². The first kappa shape index (κ1) is 65.2. The Labute approximate surface area is 636 Å². The summed E-state index contributed by atoms with van der Waals surface area (Å²) in [5.41, 5.74) is 31.6. The van der Waals surface area contributed by atoms with Gasteiger partial charge in [0.25, 0.3) is 6.71 Å². The number of aromatic nitrogens is 4. The summed E-state index contributed by atoms with van der Waals surface area (Å²) >= 11 is 0. The number of fused-ring (bicyclic) bond motifs is 10. The van der Waals surface area contributed by atoms with Crippen LogP contribution in [0.15, 0.2) is 358 Å². The molecule has 2 aliphatic rings. The van der Waals surface area contributed by atoms with Gasteiger partial charge in [-0.15, -0.1) is 0 Å². The molecular weight excluding hydrogens is 1320 g/mol. The minimum absolute atomic E-state index is 0.165. The number of nitrogens with zero attached hydrogens (tertiary/aromatic N) is 6. The van der Waals surface area contributed by atoms with E-state index >= 15 is 0 Å². The monoisotopic (exact) mass is 1400 g/mol. The lowest BCUT2D eigenvalue weighted by molar-refractivity contribution is 0.590. The highest BCUT2D eigenvalue weighted by Crippen LogP contribution is 2.54. The first-order valence-corrected chi connectivity index (χ1v) is 38.0. The lowest BCUT2D eigenvalue weighted by atomic mass is 9.33. The Morgan fingerprint density at radius 2 is 0.624 bits per heavy atom. The molecule has 0 fully saturated rings. The van der Waals surface area contributed by atoms with Gasteiger partial charge in [-0.05, 0) is 156 Å². The highest BCUT2D eigenvalue weighted by Gasteiger charge is 2.46. The van der Waals surface area contributed by atoms with Gasteiger partial charge in [-0.1, -0.05) is 327 Å². The van der Waals surface area contributed by atoms with Crippen molar-refractivity contribution >= 4 is 101 Å². The molecule has 109 heavy (non-hydrogen) atoms. The van der Waals surface area contributed by atoms with Gasteiger partial charge in [0.05, 0.1) is 44.8 Å². The normalized spacial score (nSPS) is 12.6. The summed E-state index contributed by atoms with van der Waals surface area (Å²) in [6.45, 7) is 13.7. The van der Waals surface area contributed by atoms with Crippen molar-refractivity contribution < 1.29 is 0 Å². The number of anilines is 6. The third-order valence-electron chi connectivity index (χ3n) is 22.6. The molecule has 20 rings (SSSR count). The van der Waals surface area contributed by atoms with Crippen LogP contribution in [0.5, 0.6) is 0 Å². The Balaban J connectivity index is 0.925. The van der Waals surface area contributed by atoms with Gasteiger partial charge in [0.2, 0.25) is 0 Å². The van der Waals surface area contributed by atoms with Gasteiger partial charge in [-0.3, -0.25) is 9.13 Å². The van der Waals surface area contributed by atoms with Gasteiger partial charge in [0.1, 0.15) is 11.6 Å². The molecule has 518 valence electrons. The first-order chi connectivity index (χ1) is 53.4. The predicted molar refractivity (Wildman–Crippen MR) is 460 cm³/mol. The molecule has 0 unspecified atom stereocenters. The summed E-state index contributed by atoms with van der Waals surface area (Å²) in [7, 11) is 0. The van der Waals surface area contributed by atoms with Gasteiger partial charge in [-0.25, -0.2) is 9.97 Å². The second-order valence-electron chi connectivity index (χ2n) is 31.2. The molecule has 0 saturated heterocycles. The van der Waals surface area contributed by atoms with Crippen molar-refractivity contribution in [3.63, 3.8) is 0 Å². The van der Waals surface area contributed by atoms with E-state index in [0.717, 1.165) is 151 Å². The second kappa shape index (κ2) is 25.7. The Morgan fingerprint density at radius 3 is 1.06 bits per heavy atom. The van der Waals surface area contributed by atoms with E-state index < -0.39 is 0 Å². The topological polar surface area (TPSA) is 42.1 Å². The summed E-state index contributed by atoms with van der Waals surface area (Å²) in [5.74, 6) is 1.71. The summed E-state index contributed by atoms with van der Waals surface area (Å²) in [6.07, 6.45) is 0. The molecule has 0 radical (unpaired) electrons. The van der Waals surface area contributed by atoms with Crippen molar-refractivity contribution in [1.82, 2.24) is 19.1 Å². The standard InChI is InChI=1S/C102H77BN6/c1-101(2,3)73-64-94-98-95(65-73)109(100-77(68-36-15-9-16-37-68)47-30-48-78(100)69-38-17-10-18-39-69)93-59-57-71(87-62-72(74-40-19-24-49-83(74)102(4,5)6)63-97(105-87)107-90-53-27-22-43-81(90)82-44-23-28-54-91(82)107)61-85(93)103(98)84-60-70(86-50-31-55-96(104-86)106-88-51-25-20-41-79(88)80-42-21-26-52-89(80)106)56-58-92(84)108(94)99-75(66-32-11-7-12-33-66)45-29-46-76(99)67-34-13-8-14-35-67/h7-65H,1-6H3. The van der Waals surface area contributed by atoms with Crippen LogP contribution in [0.4, 0.5) is 34.1 Å². The molecule has 0 N–H and O–H groups in total. The van der Waals surface area contributed by atoms with Crippen molar-refractivity contribution in [3.8, 4) is 89.8 Å². The fourth-order valence-corrected chi connectivity index (χ4v) is 17.6. The van der Waals surface area contributed by atoms with Crippen LogP contribution in [-0.2, 0) is 10.8 Å². The minimum Gasteiger partial charge on any atom is -0.310 e. The van der Waals surface area contributed by atoms with Gasteiger partial charge in [0.15, 0.2) is 0 Å². The number of hydrogen-bond donors (Lipinski definition) is 0. The Hall–Kier alpha value is -13.4. The lowest BCUT2D eigenvalue weighted by Crippen LogP contribution is -2.61. The van der Waals surface area contributed by atoms with Gasteiger partial charge >= 0.3 is 0 Å². The smallest absolute Gasteiger partial charge is 0.252 e. The number of para-hydroxylation sites is 6. The van der Waals surface area contributed by atoms with E-state index in [0.29, 0.717) is 0 Å². The van der Waals surface area contributed by atoms with Crippen molar-refractivity contribution in [2.75, 3.05) is 9.80 Å². The molecule has 2 aliphatic heterocycles. The first-order valence-electron chi connectivity index (χ1n) is 38.0. The van der Waals surface area contributed by atoms with Crippen molar-refractivity contribution in [3.05, 3.63) is 369 Å². The zero-order valence-corrected chi connectivity index (χ0v) is 61.8. The van der Waals surface area contributed by atoms with Crippen LogP contribution in [0.1, 0.15) is 52.7 Å². The number of benzene rings is 14. The van der Waals surface area contributed by atoms with Crippen LogP contribution in [0, 0.1) is 0 Å². The van der Waals surface area contributed by atoms with Crippen LogP contribution in [0.2, 0.25) is 0 Å². The number of rotatable bonds is 11. The highest BCUT2D eigenvalue weighted by atomic mass is 15.2. The van der Waals surface area contributed by atoms with E-state index in [2.05, 4.69) is 418 Å². The Morgan fingerprint density at radius 1 is 0.257 bits per heavy atom. The van der Waals surface area contributed by atoms with Crippen LogP contribution >= 0.6 is 0 Å². The van der Waals surface area contributed by atoms with Crippen molar-refractivity contribution in [1.29, 1.82) is 0 Å². The molecule has 6 heterocycles. The SMILES string of the molecule is CC(C)(C)c1cc2c3c(c1)N(c1c(-c4ccccc4)cccc1-c1ccccc1)c1ccc(-c4cc(-c5ccccc5C(C)(C)C)cc(-n5c6ccccc6c6ccccc65)n4)cc1B3c1cc(-c3cccc(-n4c5ccccc5c5ccccc54)n3)ccc1N2c1c(-c2ccccc2)cccc1-c1ccccc1. The van der Waals surface area contributed by atoms with E-state index in [1.165, 1.54) is 43.7 Å². The Bertz CT molecular complexity index is 6400. The van der Waals surface area contributed by atoms with Gasteiger partial charge in [-0.2, -0.15) is 0 Å². The fourth-order valence-electron chi connectivity index (χ4n) is 17.6. The van der Waals surface area contributed by atoms with E-state index in [1.54, 1.807) is 0 Å². The maximum absolute atomic E-state index is 5.99. The molecule has 6 nitrogen and oxygen atoms in total. The van der Waals surface area contributed by atoms with Crippen molar-refractivity contribution in [2.45, 2.75) is 52.4 Å². The van der Waals surface area contributed by atoms with E-state index in [4.69, 9.17) is 9.97 Å². The third kappa shape index (κ3) is 10.8. The highest BCUT2D eigenvalue weighted by molar-refractivity contribution is 7.00. The quantitative estimate of drug-likeness (QED) is 0.121. The maximum atomic E-state index is 5.99. The molecule has 0 spiro atoms. The minimum atomic E-state index is -0.355. The fraction of sp³-hybridized carbons (Fsp3) is 0.0784. The number of hydrogen-bond acceptors (Lipinski definition) is 4. The largest absolute Gasteiger partial charge is 0.310 e. The molecule has 7 heteroatoms. The lowest BCUT2D eigenvalue weighted by Gasteiger charge is -2.46.